The third-order valence-corrected chi connectivity index (χ3v) is 3.49. The number of hydrogen-bond donors (Lipinski definition) is 1. The van der Waals surface area contributed by atoms with Crippen molar-refractivity contribution in [2.24, 2.45) is 0 Å². The van der Waals surface area contributed by atoms with Crippen LogP contribution in [0.4, 0.5) is 0 Å². The van der Waals surface area contributed by atoms with Gasteiger partial charge in [0.2, 0.25) is 0 Å². The number of nitrogens with zero attached hydrogens (tertiary/aromatic N) is 1. The second-order valence-corrected chi connectivity index (χ2v) is 4.96. The van der Waals surface area contributed by atoms with E-state index in [9.17, 15) is 4.79 Å². The normalized spacial score (nSPS) is 10.8. The molecule has 0 amide bonds. The summed E-state index contributed by atoms with van der Waals surface area (Å²) >= 11 is 0. The first-order valence-electron chi connectivity index (χ1n) is 6.76. The molecular formula is C17H16N2O. The van der Waals surface area contributed by atoms with Crippen LogP contribution in [-0.2, 0) is 12.8 Å². The van der Waals surface area contributed by atoms with Gasteiger partial charge in [-0.25, -0.2) is 0 Å². The summed E-state index contributed by atoms with van der Waals surface area (Å²) in [4.78, 5) is 19.1. The lowest BCUT2D eigenvalue weighted by Gasteiger charge is -2.06. The fraction of sp³-hybridized carbons (Fsp3) is 0.176. The third kappa shape index (κ3) is 2.48. The average molecular weight is 264 g/mol. The molecule has 20 heavy (non-hydrogen) atoms. The molecule has 0 spiro atoms. The topological polar surface area (TPSA) is 45.8 Å². The Morgan fingerprint density at radius 3 is 2.60 bits per heavy atom. The van der Waals surface area contributed by atoms with Gasteiger partial charge in [0.25, 0.3) is 5.56 Å². The quantitative estimate of drug-likeness (QED) is 0.790. The first-order valence-corrected chi connectivity index (χ1v) is 6.76. The molecule has 100 valence electrons. The number of benzene rings is 1. The van der Waals surface area contributed by atoms with Crippen LogP contribution in [-0.4, -0.2) is 9.97 Å². The van der Waals surface area contributed by atoms with Gasteiger partial charge in [-0.2, -0.15) is 0 Å². The molecule has 0 unspecified atom stereocenters. The van der Waals surface area contributed by atoms with E-state index in [-0.39, 0.29) is 5.56 Å². The third-order valence-electron chi connectivity index (χ3n) is 3.49. The van der Waals surface area contributed by atoms with Gasteiger partial charge in [0.15, 0.2) is 0 Å². The maximum atomic E-state index is 11.8. The summed E-state index contributed by atoms with van der Waals surface area (Å²) in [5.41, 5.74) is 3.25. The van der Waals surface area contributed by atoms with Gasteiger partial charge in [-0.3, -0.25) is 9.78 Å². The zero-order valence-electron chi connectivity index (χ0n) is 11.4. The van der Waals surface area contributed by atoms with E-state index in [1.807, 2.05) is 55.6 Å². The minimum Gasteiger partial charge on any atom is -0.328 e. The molecule has 0 aliphatic carbocycles. The van der Waals surface area contributed by atoms with E-state index < -0.39 is 0 Å². The molecule has 0 radical (unpaired) electrons. The van der Waals surface area contributed by atoms with Crippen molar-refractivity contribution in [3.05, 3.63) is 76.0 Å². The molecule has 2 heterocycles. The lowest BCUT2D eigenvalue weighted by Crippen LogP contribution is -2.07. The SMILES string of the molecule is Cc1cccc(CCc2c[nH]c(=O)c3ccccc23)n1. The Hall–Kier alpha value is -2.42. The zero-order valence-corrected chi connectivity index (χ0v) is 11.4. The molecule has 0 saturated heterocycles. The highest BCUT2D eigenvalue weighted by Crippen LogP contribution is 2.16. The lowest BCUT2D eigenvalue weighted by molar-refractivity contribution is 0.903. The summed E-state index contributed by atoms with van der Waals surface area (Å²) < 4.78 is 0. The second-order valence-electron chi connectivity index (χ2n) is 4.96. The van der Waals surface area contributed by atoms with Crippen molar-refractivity contribution in [2.75, 3.05) is 0 Å². The monoisotopic (exact) mass is 264 g/mol. The van der Waals surface area contributed by atoms with Crippen LogP contribution in [0.15, 0.2) is 53.5 Å². The molecule has 0 bridgehead atoms. The van der Waals surface area contributed by atoms with Gasteiger partial charge < -0.3 is 4.98 Å². The minimum absolute atomic E-state index is 0.0296. The van der Waals surface area contributed by atoms with Crippen molar-refractivity contribution in [1.82, 2.24) is 9.97 Å². The highest BCUT2D eigenvalue weighted by Gasteiger charge is 2.05. The van der Waals surface area contributed by atoms with Crippen molar-refractivity contribution in [3.8, 4) is 0 Å². The van der Waals surface area contributed by atoms with E-state index in [4.69, 9.17) is 0 Å². The average Bonchev–Trinajstić information content (AvgIpc) is 2.47. The van der Waals surface area contributed by atoms with E-state index in [1.165, 1.54) is 0 Å². The maximum absolute atomic E-state index is 11.8. The predicted molar refractivity (Wildman–Crippen MR) is 81.0 cm³/mol. The van der Waals surface area contributed by atoms with E-state index in [0.717, 1.165) is 40.6 Å². The number of H-pyrrole nitrogens is 1. The van der Waals surface area contributed by atoms with Crippen LogP contribution in [0.1, 0.15) is 17.0 Å². The molecule has 0 fully saturated rings. The smallest absolute Gasteiger partial charge is 0.255 e. The highest BCUT2D eigenvalue weighted by atomic mass is 16.1. The Balaban J connectivity index is 1.92. The van der Waals surface area contributed by atoms with Crippen LogP contribution >= 0.6 is 0 Å². The standard InChI is InChI=1S/C17H16N2O/c1-12-5-4-6-14(19-12)10-9-13-11-18-17(20)16-8-3-2-7-15(13)16/h2-8,11H,9-10H2,1H3,(H,18,20). The van der Waals surface area contributed by atoms with Crippen LogP contribution in [0, 0.1) is 6.92 Å². The fourth-order valence-corrected chi connectivity index (χ4v) is 2.48. The van der Waals surface area contributed by atoms with Gasteiger partial charge in [0.1, 0.15) is 0 Å². The van der Waals surface area contributed by atoms with E-state index in [0.29, 0.717) is 0 Å². The van der Waals surface area contributed by atoms with Gasteiger partial charge >= 0.3 is 0 Å². The molecular weight excluding hydrogens is 248 g/mol. The van der Waals surface area contributed by atoms with Gasteiger partial charge in [0, 0.05) is 23.0 Å². The van der Waals surface area contributed by atoms with Gasteiger partial charge in [-0.1, -0.05) is 24.3 Å². The van der Waals surface area contributed by atoms with Crippen molar-refractivity contribution >= 4 is 10.8 Å². The lowest BCUT2D eigenvalue weighted by atomic mass is 10.0. The van der Waals surface area contributed by atoms with Gasteiger partial charge in [0.05, 0.1) is 0 Å². The van der Waals surface area contributed by atoms with Gasteiger partial charge in [-0.15, -0.1) is 0 Å². The van der Waals surface area contributed by atoms with E-state index in [1.54, 1.807) is 0 Å². The summed E-state index contributed by atoms with van der Waals surface area (Å²) in [7, 11) is 0. The Kier molecular flexibility index (Phi) is 3.33. The molecule has 0 aliphatic heterocycles. The zero-order chi connectivity index (χ0) is 13.9. The van der Waals surface area contributed by atoms with Crippen LogP contribution < -0.4 is 5.56 Å². The minimum atomic E-state index is -0.0296. The largest absolute Gasteiger partial charge is 0.328 e. The maximum Gasteiger partial charge on any atom is 0.255 e. The molecule has 3 rings (SSSR count). The Morgan fingerprint density at radius 2 is 1.80 bits per heavy atom. The highest BCUT2D eigenvalue weighted by molar-refractivity contribution is 5.84. The number of fused-ring (bicyclic) bond motifs is 1. The summed E-state index contributed by atoms with van der Waals surface area (Å²) in [6.45, 7) is 2.00. The predicted octanol–water partition coefficient (Wildman–Crippen LogP) is 3.02. The van der Waals surface area contributed by atoms with Crippen LogP contribution in [0.25, 0.3) is 10.8 Å². The number of aryl methyl sites for hydroxylation is 3. The summed E-state index contributed by atoms with van der Waals surface area (Å²) in [5.74, 6) is 0. The fourth-order valence-electron chi connectivity index (χ4n) is 2.48. The number of aromatic nitrogens is 2. The molecule has 3 heteroatoms. The number of pyridine rings is 2. The van der Waals surface area contributed by atoms with Crippen LogP contribution in [0.2, 0.25) is 0 Å². The molecule has 3 nitrogen and oxygen atoms in total. The molecule has 2 aromatic heterocycles. The summed E-state index contributed by atoms with van der Waals surface area (Å²) in [6, 6.07) is 13.8. The number of hydrogen-bond acceptors (Lipinski definition) is 2. The van der Waals surface area contributed by atoms with Crippen molar-refractivity contribution in [3.63, 3.8) is 0 Å². The Morgan fingerprint density at radius 1 is 1.00 bits per heavy atom. The molecule has 3 aromatic rings. The summed E-state index contributed by atoms with van der Waals surface area (Å²) in [6.07, 6.45) is 3.56. The number of nitrogens with one attached hydrogen (secondary N) is 1. The van der Waals surface area contributed by atoms with Crippen molar-refractivity contribution in [2.45, 2.75) is 19.8 Å². The number of aromatic amines is 1. The molecule has 1 aromatic carbocycles. The molecule has 0 aliphatic rings. The first kappa shape index (κ1) is 12.6. The van der Waals surface area contributed by atoms with Crippen LogP contribution in [0.5, 0.6) is 0 Å². The Labute approximate surface area is 117 Å². The van der Waals surface area contributed by atoms with Crippen molar-refractivity contribution in [1.29, 1.82) is 0 Å². The van der Waals surface area contributed by atoms with Crippen LogP contribution in [0.3, 0.4) is 0 Å². The molecule has 0 atom stereocenters. The molecule has 1 N–H and O–H groups in total. The molecule has 0 saturated carbocycles. The Bertz CT molecular complexity index is 805. The first-order chi connectivity index (χ1) is 9.74. The number of rotatable bonds is 3. The van der Waals surface area contributed by atoms with Crippen molar-refractivity contribution < 1.29 is 0 Å². The summed E-state index contributed by atoms with van der Waals surface area (Å²) in [5, 5.41) is 1.78. The van der Waals surface area contributed by atoms with E-state index in [2.05, 4.69) is 9.97 Å². The van der Waals surface area contributed by atoms with E-state index >= 15 is 0 Å². The second kappa shape index (κ2) is 5.29. The van der Waals surface area contributed by atoms with Gasteiger partial charge in [-0.05, 0) is 48.9 Å².